The number of hydrogen-bond acceptors (Lipinski definition) is 9. The van der Waals surface area contributed by atoms with Crippen molar-refractivity contribution in [3.8, 4) is 0 Å². The Morgan fingerprint density at radius 2 is 2.16 bits per heavy atom. The van der Waals surface area contributed by atoms with E-state index in [-0.39, 0.29) is 11.4 Å². The van der Waals surface area contributed by atoms with E-state index >= 15 is 0 Å². The third-order valence-corrected chi connectivity index (χ3v) is 2.81. The number of nitro groups is 1. The van der Waals surface area contributed by atoms with E-state index in [0.29, 0.717) is 10.6 Å². The second-order valence-corrected chi connectivity index (χ2v) is 4.64. The Kier molecular flexibility index (Phi) is 3.00. The van der Waals surface area contributed by atoms with Gasteiger partial charge in [0.1, 0.15) is 0 Å². The number of rotatable bonds is 2. The van der Waals surface area contributed by atoms with Crippen LogP contribution in [-0.4, -0.2) is 19.3 Å². The number of nitrogens with zero attached hydrogens (tertiary/aromatic N) is 3. The lowest BCUT2D eigenvalue weighted by molar-refractivity contribution is -0.384. The predicted molar refractivity (Wildman–Crippen MR) is 63.0 cm³/mol. The van der Waals surface area contributed by atoms with Crippen LogP contribution in [0.3, 0.4) is 0 Å². The maximum atomic E-state index is 11.1. The molecular weight excluding hydrogens is 280 g/mol. The third-order valence-electron chi connectivity index (χ3n) is 2.22. The number of nitro benzene ring substituents is 1. The average molecular weight is 288 g/mol. The van der Waals surface area contributed by atoms with Crippen molar-refractivity contribution < 1.29 is 21.9 Å². The standard InChI is InChI=1S/C8H8N4O6S/c1-5-2-3-6(12(13)14)4-7(5)11-8(9)10-17-19(15,16)18-11/h2-4H,1H3,(H2,9,10). The van der Waals surface area contributed by atoms with Crippen molar-refractivity contribution in [2.45, 2.75) is 6.92 Å². The molecule has 0 atom stereocenters. The number of anilines is 1. The number of non-ortho nitro benzene ring substituents is 1. The minimum atomic E-state index is -4.37. The molecule has 0 spiro atoms. The number of hydrogen-bond donors (Lipinski definition) is 1. The van der Waals surface area contributed by atoms with Gasteiger partial charge in [0, 0.05) is 12.1 Å². The minimum Gasteiger partial charge on any atom is -0.365 e. The largest absolute Gasteiger partial charge is 0.491 e. The van der Waals surface area contributed by atoms with Crippen LogP contribution in [0.4, 0.5) is 11.4 Å². The second kappa shape index (κ2) is 4.37. The molecule has 0 fully saturated rings. The maximum absolute atomic E-state index is 11.1. The van der Waals surface area contributed by atoms with Gasteiger partial charge in [-0.25, -0.2) is 4.28 Å². The normalized spacial score (nSPS) is 17.5. The first kappa shape index (κ1) is 13.0. The Morgan fingerprint density at radius 1 is 1.47 bits per heavy atom. The van der Waals surface area contributed by atoms with Crippen molar-refractivity contribution in [2.75, 3.05) is 5.06 Å². The van der Waals surface area contributed by atoms with Gasteiger partial charge in [-0.15, -0.1) is 4.28 Å². The van der Waals surface area contributed by atoms with E-state index in [2.05, 4.69) is 13.7 Å². The summed E-state index contributed by atoms with van der Waals surface area (Å²) in [6, 6.07) is 3.80. The highest BCUT2D eigenvalue weighted by Gasteiger charge is 2.30. The molecule has 0 aromatic heterocycles. The summed E-state index contributed by atoms with van der Waals surface area (Å²) in [6.07, 6.45) is 0. The summed E-state index contributed by atoms with van der Waals surface area (Å²) >= 11 is 0. The van der Waals surface area contributed by atoms with Crippen LogP contribution in [0.5, 0.6) is 0 Å². The smallest absolute Gasteiger partial charge is 0.365 e. The summed E-state index contributed by atoms with van der Waals surface area (Å²) < 4.78 is 30.7. The molecule has 0 saturated heterocycles. The minimum absolute atomic E-state index is 0.0716. The Bertz CT molecular complexity index is 670. The van der Waals surface area contributed by atoms with E-state index in [4.69, 9.17) is 5.73 Å². The van der Waals surface area contributed by atoms with E-state index in [9.17, 15) is 18.5 Å². The Hall–Kier alpha value is -2.40. The third kappa shape index (κ3) is 2.56. The van der Waals surface area contributed by atoms with E-state index in [1.54, 1.807) is 6.92 Å². The van der Waals surface area contributed by atoms with Crippen LogP contribution in [0, 0.1) is 17.0 Å². The molecular formula is C8H8N4O6S. The molecule has 19 heavy (non-hydrogen) atoms. The molecule has 1 heterocycles. The van der Waals surface area contributed by atoms with E-state index in [1.165, 1.54) is 12.1 Å². The summed E-state index contributed by atoms with van der Waals surface area (Å²) in [5, 5.41) is 14.4. The second-order valence-electron chi connectivity index (χ2n) is 3.53. The fourth-order valence-corrected chi connectivity index (χ4v) is 1.89. The molecule has 0 radical (unpaired) electrons. The van der Waals surface area contributed by atoms with Gasteiger partial charge in [-0.05, 0) is 17.6 Å². The summed E-state index contributed by atoms with van der Waals surface area (Å²) in [6.45, 7) is 1.60. The van der Waals surface area contributed by atoms with Crippen LogP contribution in [0.1, 0.15) is 5.56 Å². The predicted octanol–water partition coefficient (Wildman–Crippen LogP) is 0.146. The van der Waals surface area contributed by atoms with Crippen molar-refractivity contribution in [1.82, 2.24) is 0 Å². The van der Waals surface area contributed by atoms with E-state index < -0.39 is 21.3 Å². The lowest BCUT2D eigenvalue weighted by atomic mass is 10.2. The molecule has 0 unspecified atom stereocenters. The highest BCUT2D eigenvalue weighted by atomic mass is 32.3. The first-order chi connectivity index (χ1) is 8.80. The van der Waals surface area contributed by atoms with Gasteiger partial charge in [0.2, 0.25) is 0 Å². The van der Waals surface area contributed by atoms with Crippen LogP contribution >= 0.6 is 0 Å². The fraction of sp³-hybridized carbons (Fsp3) is 0.125. The van der Waals surface area contributed by atoms with Crippen LogP contribution < -0.4 is 10.8 Å². The molecule has 2 N–H and O–H groups in total. The first-order valence-electron chi connectivity index (χ1n) is 4.82. The summed E-state index contributed by atoms with van der Waals surface area (Å²) in [7, 11) is -4.37. The molecule has 0 aliphatic carbocycles. The van der Waals surface area contributed by atoms with Crippen LogP contribution in [0.2, 0.25) is 0 Å². The summed E-state index contributed by atoms with van der Waals surface area (Å²) in [5.74, 6) is -0.404. The topological polar surface area (TPSA) is 137 Å². The van der Waals surface area contributed by atoms with Gasteiger partial charge in [0.25, 0.3) is 11.6 Å². The fourth-order valence-electron chi connectivity index (χ4n) is 1.36. The maximum Gasteiger partial charge on any atom is 0.491 e. The zero-order valence-corrected chi connectivity index (χ0v) is 10.3. The van der Waals surface area contributed by atoms with Crippen molar-refractivity contribution in [3.63, 3.8) is 0 Å². The van der Waals surface area contributed by atoms with Crippen molar-refractivity contribution in [1.29, 1.82) is 0 Å². The summed E-state index contributed by atoms with van der Waals surface area (Å²) in [5.41, 5.74) is 5.74. The Labute approximate surface area is 107 Å². The van der Waals surface area contributed by atoms with Gasteiger partial charge in [0.15, 0.2) is 0 Å². The van der Waals surface area contributed by atoms with Crippen LogP contribution in [-0.2, 0) is 19.0 Å². The molecule has 11 heteroatoms. The number of oxime groups is 1. The van der Waals surface area contributed by atoms with Crippen molar-refractivity contribution in [3.05, 3.63) is 33.9 Å². The molecule has 2 rings (SSSR count). The molecule has 1 aliphatic heterocycles. The number of nitrogens with two attached hydrogens (primary N) is 1. The molecule has 0 bridgehead atoms. The Morgan fingerprint density at radius 3 is 2.79 bits per heavy atom. The Balaban J connectivity index is 2.52. The molecule has 1 aromatic rings. The van der Waals surface area contributed by atoms with Gasteiger partial charge >= 0.3 is 10.4 Å². The van der Waals surface area contributed by atoms with Gasteiger partial charge in [0.05, 0.1) is 10.6 Å². The zero-order valence-electron chi connectivity index (χ0n) is 9.51. The van der Waals surface area contributed by atoms with Crippen molar-refractivity contribution in [2.24, 2.45) is 10.9 Å². The summed E-state index contributed by atoms with van der Waals surface area (Å²) in [4.78, 5) is 10.1. The highest BCUT2D eigenvalue weighted by molar-refractivity contribution is 7.82. The first-order valence-corrected chi connectivity index (χ1v) is 6.15. The molecule has 0 saturated carbocycles. The number of benzene rings is 1. The van der Waals surface area contributed by atoms with Gasteiger partial charge in [-0.3, -0.25) is 10.1 Å². The van der Waals surface area contributed by atoms with E-state index in [0.717, 1.165) is 6.07 Å². The molecule has 0 amide bonds. The number of aryl methyl sites for hydroxylation is 1. The lowest BCUT2D eigenvalue weighted by Gasteiger charge is -2.24. The highest BCUT2D eigenvalue weighted by Crippen LogP contribution is 2.28. The van der Waals surface area contributed by atoms with Gasteiger partial charge < -0.3 is 5.73 Å². The van der Waals surface area contributed by atoms with Gasteiger partial charge in [-0.1, -0.05) is 6.07 Å². The van der Waals surface area contributed by atoms with Crippen molar-refractivity contribution >= 4 is 27.7 Å². The number of hydroxylamine groups is 1. The van der Waals surface area contributed by atoms with Gasteiger partial charge in [-0.2, -0.15) is 13.5 Å². The lowest BCUT2D eigenvalue weighted by Crippen LogP contribution is -2.43. The molecule has 1 aromatic carbocycles. The SMILES string of the molecule is Cc1ccc([N+](=O)[O-])cc1N1OS(=O)(=O)ON=C1N. The van der Waals surface area contributed by atoms with Crippen LogP contribution in [0.25, 0.3) is 0 Å². The number of guanidine groups is 1. The monoisotopic (exact) mass is 288 g/mol. The van der Waals surface area contributed by atoms with E-state index in [1.807, 2.05) is 0 Å². The van der Waals surface area contributed by atoms with Crippen LogP contribution in [0.15, 0.2) is 23.4 Å². The molecule has 102 valence electrons. The zero-order chi connectivity index (χ0) is 14.2. The molecule has 10 nitrogen and oxygen atoms in total. The quantitative estimate of drug-likeness (QED) is 0.599. The average Bonchev–Trinajstić information content (AvgIpc) is 2.33. The molecule has 1 aliphatic rings.